The van der Waals surface area contributed by atoms with Crippen LogP contribution in [0.2, 0.25) is 0 Å². The number of β-lactam (4-membered cyclic amide) rings is 1. The molecule has 0 radical (unpaired) electrons. The van der Waals surface area contributed by atoms with Crippen LogP contribution in [0.4, 0.5) is 0 Å². The van der Waals surface area contributed by atoms with Gasteiger partial charge in [-0.15, -0.1) is 16.9 Å². The quantitative estimate of drug-likeness (QED) is 0.617. The molecular weight excluding hydrogens is 190 g/mol. The van der Waals surface area contributed by atoms with E-state index in [1.54, 1.807) is 11.8 Å². The van der Waals surface area contributed by atoms with Gasteiger partial charge in [-0.2, -0.15) is 0 Å². The van der Waals surface area contributed by atoms with E-state index in [4.69, 9.17) is 0 Å². The zero-order chi connectivity index (χ0) is 8.84. The summed E-state index contributed by atoms with van der Waals surface area (Å²) in [6.45, 7) is 0. The maximum Gasteiger partial charge on any atom is 0.227 e. The number of tetrazole rings is 1. The van der Waals surface area contributed by atoms with Crippen molar-refractivity contribution in [2.24, 2.45) is 0 Å². The number of carbonyl (C=O) groups excluding carboxylic acids is 1. The lowest BCUT2D eigenvalue weighted by atomic mass is 10.1. The van der Waals surface area contributed by atoms with Gasteiger partial charge in [0.05, 0.1) is 11.8 Å². The van der Waals surface area contributed by atoms with Crippen LogP contribution in [0.3, 0.4) is 0 Å². The van der Waals surface area contributed by atoms with Gasteiger partial charge in [0.1, 0.15) is 6.04 Å². The van der Waals surface area contributed by atoms with E-state index in [2.05, 4.69) is 20.6 Å². The molecule has 1 unspecified atom stereocenters. The van der Waals surface area contributed by atoms with Gasteiger partial charge in [0, 0.05) is 5.75 Å². The van der Waals surface area contributed by atoms with E-state index < -0.39 is 0 Å². The van der Waals surface area contributed by atoms with Crippen molar-refractivity contribution in [3.8, 4) is 0 Å². The number of aromatic amines is 1. The molecule has 1 amide bonds. The Labute approximate surface area is 78.1 Å². The normalized spacial score (nSPS) is 31.7. The van der Waals surface area contributed by atoms with Crippen LogP contribution in [0.5, 0.6) is 0 Å². The number of aromatic nitrogens is 4. The summed E-state index contributed by atoms with van der Waals surface area (Å²) in [5.41, 5.74) is 0. The lowest BCUT2D eigenvalue weighted by Gasteiger charge is -2.36. The number of rotatable bonds is 1. The largest absolute Gasteiger partial charge is 0.319 e. The van der Waals surface area contributed by atoms with Crippen molar-refractivity contribution in [1.29, 1.82) is 0 Å². The van der Waals surface area contributed by atoms with Gasteiger partial charge >= 0.3 is 0 Å². The van der Waals surface area contributed by atoms with E-state index >= 15 is 0 Å². The second-order valence-electron chi connectivity index (χ2n) is 3.10. The summed E-state index contributed by atoms with van der Waals surface area (Å²) in [4.78, 5) is 13.1. The number of fused-ring (bicyclic) bond motifs is 1. The summed E-state index contributed by atoms with van der Waals surface area (Å²) in [6.07, 6.45) is 0.669. The van der Waals surface area contributed by atoms with Crippen molar-refractivity contribution in [1.82, 2.24) is 25.5 Å². The summed E-state index contributed by atoms with van der Waals surface area (Å²) in [5, 5.41) is 13.9. The second kappa shape index (κ2) is 2.44. The number of carbonyl (C=O) groups is 1. The minimum absolute atomic E-state index is 0.0613. The SMILES string of the molecule is O=C1C[C@@H]2SCC(c3nnn[nH]3)N12. The number of nitrogens with zero attached hydrogens (tertiary/aromatic N) is 4. The second-order valence-corrected chi connectivity index (χ2v) is 4.31. The first kappa shape index (κ1) is 7.31. The fourth-order valence-corrected chi connectivity index (χ4v) is 3.12. The highest BCUT2D eigenvalue weighted by atomic mass is 32.2. The number of hydrogen-bond donors (Lipinski definition) is 1. The molecule has 3 rings (SSSR count). The van der Waals surface area contributed by atoms with Crippen molar-refractivity contribution in [2.45, 2.75) is 17.8 Å². The molecule has 2 atom stereocenters. The summed E-state index contributed by atoms with van der Waals surface area (Å²) < 4.78 is 0. The molecule has 1 aromatic rings. The van der Waals surface area contributed by atoms with E-state index in [0.717, 1.165) is 5.75 Å². The third-order valence-corrected chi connectivity index (χ3v) is 3.69. The van der Waals surface area contributed by atoms with Gasteiger partial charge in [-0.05, 0) is 10.4 Å². The Morgan fingerprint density at radius 2 is 2.54 bits per heavy atom. The van der Waals surface area contributed by atoms with Crippen LogP contribution in [0, 0.1) is 0 Å². The molecule has 6 nitrogen and oxygen atoms in total. The molecule has 0 aliphatic carbocycles. The molecule has 2 fully saturated rings. The van der Waals surface area contributed by atoms with Crippen molar-refractivity contribution in [2.75, 3.05) is 5.75 Å². The fourth-order valence-electron chi connectivity index (χ4n) is 1.72. The molecule has 68 valence electrons. The molecule has 13 heavy (non-hydrogen) atoms. The highest BCUT2D eigenvalue weighted by molar-refractivity contribution is 8.00. The molecule has 2 aliphatic rings. The molecule has 0 aromatic carbocycles. The molecule has 0 saturated carbocycles. The van der Waals surface area contributed by atoms with E-state index in [9.17, 15) is 4.79 Å². The Morgan fingerprint density at radius 1 is 1.62 bits per heavy atom. The molecule has 1 N–H and O–H groups in total. The molecule has 7 heteroatoms. The standard InChI is InChI=1S/C6H7N5OS/c12-4-1-5-11(4)3(2-13-5)6-7-9-10-8-6/h3,5H,1-2H2,(H,7,8,9,10)/t3?,5-/m0/s1. The average Bonchev–Trinajstić information content (AvgIpc) is 2.68. The van der Waals surface area contributed by atoms with Crippen LogP contribution in [-0.2, 0) is 4.79 Å². The Morgan fingerprint density at radius 3 is 3.23 bits per heavy atom. The number of amides is 1. The molecular formula is C6H7N5OS. The first-order valence-electron chi connectivity index (χ1n) is 4.02. The Hall–Kier alpha value is -1.11. The van der Waals surface area contributed by atoms with E-state index in [-0.39, 0.29) is 11.9 Å². The van der Waals surface area contributed by atoms with Crippen molar-refractivity contribution < 1.29 is 4.79 Å². The summed E-state index contributed by atoms with van der Waals surface area (Å²) >= 11 is 1.79. The number of thioether (sulfide) groups is 1. The van der Waals surface area contributed by atoms with Gasteiger partial charge in [0.15, 0.2) is 5.82 Å². The average molecular weight is 197 g/mol. The van der Waals surface area contributed by atoms with Crippen LogP contribution in [0.15, 0.2) is 0 Å². The molecule has 3 heterocycles. The van der Waals surface area contributed by atoms with Crippen LogP contribution < -0.4 is 0 Å². The van der Waals surface area contributed by atoms with Gasteiger partial charge < -0.3 is 4.90 Å². The molecule has 0 bridgehead atoms. The van der Waals surface area contributed by atoms with Crippen molar-refractivity contribution >= 4 is 17.7 Å². The van der Waals surface area contributed by atoms with Gasteiger partial charge in [-0.1, -0.05) is 0 Å². The minimum atomic E-state index is 0.0613. The Bertz CT molecular complexity index is 339. The molecule has 0 spiro atoms. The summed E-state index contributed by atoms with van der Waals surface area (Å²) in [7, 11) is 0. The van der Waals surface area contributed by atoms with Crippen LogP contribution in [0.25, 0.3) is 0 Å². The zero-order valence-electron chi connectivity index (χ0n) is 6.67. The van der Waals surface area contributed by atoms with Gasteiger partial charge in [0.2, 0.25) is 5.91 Å². The first-order chi connectivity index (χ1) is 6.36. The van der Waals surface area contributed by atoms with Gasteiger partial charge in [0.25, 0.3) is 0 Å². The smallest absolute Gasteiger partial charge is 0.227 e. The fraction of sp³-hybridized carbons (Fsp3) is 0.667. The number of H-pyrrole nitrogens is 1. The van der Waals surface area contributed by atoms with Crippen molar-refractivity contribution in [3.05, 3.63) is 5.82 Å². The van der Waals surface area contributed by atoms with E-state index in [0.29, 0.717) is 17.6 Å². The Balaban J connectivity index is 1.90. The molecule has 1 aromatic heterocycles. The van der Waals surface area contributed by atoms with Gasteiger partial charge in [-0.3, -0.25) is 4.79 Å². The topological polar surface area (TPSA) is 74.8 Å². The first-order valence-corrected chi connectivity index (χ1v) is 5.07. The highest BCUT2D eigenvalue weighted by Crippen LogP contribution is 2.44. The monoisotopic (exact) mass is 197 g/mol. The van der Waals surface area contributed by atoms with Crippen LogP contribution in [0.1, 0.15) is 18.3 Å². The molecule has 2 aliphatic heterocycles. The Kier molecular flexibility index (Phi) is 1.37. The van der Waals surface area contributed by atoms with E-state index in [1.807, 2.05) is 4.90 Å². The lowest BCUT2D eigenvalue weighted by molar-refractivity contribution is -0.143. The predicted molar refractivity (Wildman–Crippen MR) is 44.6 cm³/mol. The van der Waals surface area contributed by atoms with E-state index in [1.165, 1.54) is 0 Å². The lowest BCUT2D eigenvalue weighted by Crippen LogP contribution is -2.48. The maximum absolute atomic E-state index is 11.2. The number of hydrogen-bond acceptors (Lipinski definition) is 5. The number of nitrogens with one attached hydrogen (secondary N) is 1. The zero-order valence-corrected chi connectivity index (χ0v) is 7.49. The minimum Gasteiger partial charge on any atom is -0.319 e. The summed E-state index contributed by atoms with van der Waals surface area (Å²) in [6, 6.07) is 0.0613. The van der Waals surface area contributed by atoms with Crippen LogP contribution >= 0.6 is 11.8 Å². The maximum atomic E-state index is 11.2. The van der Waals surface area contributed by atoms with Crippen LogP contribution in [-0.4, -0.2) is 42.6 Å². The summed E-state index contributed by atoms with van der Waals surface area (Å²) in [5.74, 6) is 1.80. The molecule has 2 saturated heterocycles. The predicted octanol–water partition coefficient (Wildman–Crippen LogP) is -0.454. The highest BCUT2D eigenvalue weighted by Gasteiger charge is 2.48. The van der Waals surface area contributed by atoms with Gasteiger partial charge in [-0.25, -0.2) is 5.10 Å². The van der Waals surface area contributed by atoms with Crippen molar-refractivity contribution in [3.63, 3.8) is 0 Å². The third kappa shape index (κ3) is 0.902. The third-order valence-electron chi connectivity index (χ3n) is 2.41.